The van der Waals surface area contributed by atoms with Crippen molar-refractivity contribution in [3.05, 3.63) is 87.7 Å². The summed E-state index contributed by atoms with van der Waals surface area (Å²) >= 11 is 7.38. The molecule has 0 spiro atoms. The number of nitrogens with one attached hydrogen (secondary N) is 1. The Morgan fingerprint density at radius 2 is 1.85 bits per heavy atom. The minimum atomic E-state index is -2.92. The molecule has 1 amide bonds. The lowest BCUT2D eigenvalue weighted by molar-refractivity contribution is -0.113. The third-order valence-electron chi connectivity index (χ3n) is 4.92. The number of para-hydroxylation sites is 1. The van der Waals surface area contributed by atoms with Crippen LogP contribution in [0.4, 0.5) is 14.5 Å². The molecule has 4 rings (SSSR count). The summed E-state index contributed by atoms with van der Waals surface area (Å²) in [6, 6.07) is 17.8. The van der Waals surface area contributed by atoms with Crippen LogP contribution < -0.4 is 15.6 Å². The number of carbonyl (C=O) groups excluding carboxylic acids is 1. The zero-order valence-corrected chi connectivity index (χ0v) is 19.4. The number of alkyl halides is 2. The van der Waals surface area contributed by atoms with Crippen LogP contribution in [0.25, 0.3) is 16.6 Å². The van der Waals surface area contributed by atoms with E-state index in [1.54, 1.807) is 42.5 Å². The third kappa shape index (κ3) is 5.21. The van der Waals surface area contributed by atoms with Gasteiger partial charge in [0.25, 0.3) is 5.56 Å². The van der Waals surface area contributed by atoms with Crippen molar-refractivity contribution in [2.45, 2.75) is 18.7 Å². The number of anilines is 1. The van der Waals surface area contributed by atoms with Gasteiger partial charge in [-0.3, -0.25) is 14.2 Å². The van der Waals surface area contributed by atoms with Crippen LogP contribution in [0.2, 0.25) is 5.02 Å². The zero-order chi connectivity index (χ0) is 24.2. The van der Waals surface area contributed by atoms with Gasteiger partial charge in [-0.25, -0.2) is 4.98 Å². The van der Waals surface area contributed by atoms with Crippen molar-refractivity contribution >= 4 is 45.9 Å². The summed E-state index contributed by atoms with van der Waals surface area (Å²) in [6.07, 6.45) is 0. The van der Waals surface area contributed by atoms with Crippen LogP contribution in [0.1, 0.15) is 5.56 Å². The minimum Gasteiger partial charge on any atom is -0.435 e. The molecule has 0 atom stereocenters. The van der Waals surface area contributed by atoms with E-state index in [4.69, 9.17) is 11.6 Å². The van der Waals surface area contributed by atoms with Crippen molar-refractivity contribution in [2.75, 3.05) is 11.1 Å². The Bertz CT molecular complexity index is 1410. The summed E-state index contributed by atoms with van der Waals surface area (Å²) in [6.45, 7) is -1.12. The summed E-state index contributed by atoms with van der Waals surface area (Å²) < 4.78 is 30.3. The van der Waals surface area contributed by atoms with Crippen molar-refractivity contribution in [1.29, 1.82) is 0 Å². The van der Waals surface area contributed by atoms with Crippen molar-refractivity contribution < 1.29 is 18.3 Å². The minimum absolute atomic E-state index is 0.0105. The fourth-order valence-corrected chi connectivity index (χ4v) is 4.28. The molecule has 0 bridgehead atoms. The van der Waals surface area contributed by atoms with E-state index < -0.39 is 6.61 Å². The van der Waals surface area contributed by atoms with Crippen LogP contribution in [0.3, 0.4) is 0 Å². The zero-order valence-electron chi connectivity index (χ0n) is 17.8. The van der Waals surface area contributed by atoms with Crippen molar-refractivity contribution in [1.82, 2.24) is 9.55 Å². The molecular weight excluding hydrogens is 484 g/mol. The number of ether oxygens (including phenoxy) is 1. The van der Waals surface area contributed by atoms with Gasteiger partial charge in [0.05, 0.1) is 22.3 Å². The molecule has 6 nitrogen and oxygen atoms in total. The lowest BCUT2D eigenvalue weighted by Crippen LogP contribution is -2.23. The van der Waals surface area contributed by atoms with Gasteiger partial charge < -0.3 is 10.1 Å². The van der Waals surface area contributed by atoms with Crippen molar-refractivity contribution in [3.8, 4) is 11.4 Å². The molecule has 1 heterocycles. The Morgan fingerprint density at radius 3 is 2.59 bits per heavy atom. The SMILES string of the molecule is Cc1c(Cl)cccc1-n1c(SCC(=O)Nc2ccc(OC(F)F)cc2)nc2ccccc2c1=O. The number of fused-ring (bicyclic) bond motifs is 1. The average molecular weight is 502 g/mol. The smallest absolute Gasteiger partial charge is 0.387 e. The first kappa shape index (κ1) is 23.7. The van der Waals surface area contributed by atoms with E-state index in [9.17, 15) is 18.4 Å². The summed E-state index contributed by atoms with van der Waals surface area (Å²) in [7, 11) is 0. The Morgan fingerprint density at radius 1 is 1.12 bits per heavy atom. The maximum atomic E-state index is 13.4. The Labute approximate surface area is 202 Å². The number of hydrogen-bond donors (Lipinski definition) is 1. The summed E-state index contributed by atoms with van der Waals surface area (Å²) in [5.41, 5.74) is 1.95. The van der Waals surface area contributed by atoms with Gasteiger partial charge >= 0.3 is 6.61 Å². The van der Waals surface area contributed by atoms with Gasteiger partial charge in [-0.1, -0.05) is 41.6 Å². The van der Waals surface area contributed by atoms with E-state index in [-0.39, 0.29) is 23.0 Å². The first-order valence-electron chi connectivity index (χ1n) is 10.1. The van der Waals surface area contributed by atoms with Crippen LogP contribution in [0, 0.1) is 6.92 Å². The average Bonchev–Trinajstić information content (AvgIpc) is 2.81. The number of hydrogen-bond acceptors (Lipinski definition) is 5. The van der Waals surface area contributed by atoms with Gasteiger partial charge in [0.2, 0.25) is 5.91 Å². The highest BCUT2D eigenvalue weighted by atomic mass is 35.5. The van der Waals surface area contributed by atoms with Gasteiger partial charge in [-0.2, -0.15) is 8.78 Å². The number of carbonyl (C=O) groups is 1. The number of nitrogens with zero attached hydrogens (tertiary/aromatic N) is 2. The monoisotopic (exact) mass is 501 g/mol. The molecule has 0 aliphatic carbocycles. The molecule has 0 aliphatic heterocycles. The fourth-order valence-electron chi connectivity index (χ4n) is 3.31. The molecule has 0 fully saturated rings. The second-order valence-corrected chi connectivity index (χ2v) is 8.53. The van der Waals surface area contributed by atoms with Crippen LogP contribution >= 0.6 is 23.4 Å². The van der Waals surface area contributed by atoms with E-state index in [0.29, 0.717) is 38.0 Å². The quantitative estimate of drug-likeness (QED) is 0.260. The predicted molar refractivity (Wildman–Crippen MR) is 130 cm³/mol. The number of benzene rings is 3. The van der Waals surface area contributed by atoms with Crippen LogP contribution in [0.15, 0.2) is 76.7 Å². The number of amides is 1. The topological polar surface area (TPSA) is 73.2 Å². The molecule has 174 valence electrons. The van der Waals surface area contributed by atoms with E-state index in [2.05, 4.69) is 15.0 Å². The second kappa shape index (κ2) is 10.2. The second-order valence-electron chi connectivity index (χ2n) is 7.18. The number of aromatic nitrogens is 2. The number of thioether (sulfide) groups is 1. The van der Waals surface area contributed by atoms with Crippen LogP contribution in [0.5, 0.6) is 5.75 Å². The van der Waals surface area contributed by atoms with E-state index in [1.807, 2.05) is 6.92 Å². The predicted octanol–water partition coefficient (Wildman–Crippen LogP) is 5.68. The highest BCUT2D eigenvalue weighted by Gasteiger charge is 2.17. The molecule has 0 unspecified atom stereocenters. The Hall–Kier alpha value is -3.43. The molecule has 0 radical (unpaired) electrons. The number of halogens is 3. The Kier molecular flexibility index (Phi) is 7.14. The molecule has 1 N–H and O–H groups in total. The molecule has 4 aromatic rings. The summed E-state index contributed by atoms with van der Waals surface area (Å²) in [5.74, 6) is -0.410. The molecule has 0 saturated carbocycles. The molecular formula is C24H18ClF2N3O3S. The van der Waals surface area contributed by atoms with Crippen LogP contribution in [-0.2, 0) is 4.79 Å². The van der Waals surface area contributed by atoms with Crippen molar-refractivity contribution in [3.63, 3.8) is 0 Å². The molecule has 0 aliphatic rings. The van der Waals surface area contributed by atoms with E-state index in [0.717, 1.165) is 11.8 Å². The highest BCUT2D eigenvalue weighted by molar-refractivity contribution is 7.99. The van der Waals surface area contributed by atoms with Crippen molar-refractivity contribution in [2.24, 2.45) is 0 Å². The molecule has 10 heteroatoms. The van der Waals surface area contributed by atoms with Gasteiger partial charge in [0, 0.05) is 10.7 Å². The van der Waals surface area contributed by atoms with E-state index in [1.165, 1.54) is 28.8 Å². The normalized spacial score (nSPS) is 11.1. The Balaban J connectivity index is 1.61. The lowest BCUT2D eigenvalue weighted by Gasteiger charge is -2.15. The standard InChI is InChI=1S/C24H18ClF2N3O3S/c1-14-18(25)6-4-8-20(14)30-22(32)17-5-2-3-7-19(17)29-24(30)34-13-21(31)28-15-9-11-16(12-10-15)33-23(26)27/h2-12,23H,13H2,1H3,(H,28,31). The summed E-state index contributed by atoms with van der Waals surface area (Å²) in [5, 5.41) is 3.97. The maximum absolute atomic E-state index is 13.4. The molecule has 1 aromatic heterocycles. The van der Waals surface area contributed by atoms with Gasteiger partial charge in [-0.05, 0) is 61.0 Å². The highest BCUT2D eigenvalue weighted by Crippen LogP contribution is 2.27. The van der Waals surface area contributed by atoms with E-state index >= 15 is 0 Å². The molecule has 34 heavy (non-hydrogen) atoms. The first-order valence-corrected chi connectivity index (χ1v) is 11.4. The van der Waals surface area contributed by atoms with Crippen LogP contribution in [-0.4, -0.2) is 27.8 Å². The van der Waals surface area contributed by atoms with Gasteiger partial charge in [0.1, 0.15) is 5.75 Å². The first-order chi connectivity index (χ1) is 16.3. The largest absolute Gasteiger partial charge is 0.435 e. The lowest BCUT2D eigenvalue weighted by atomic mass is 10.2. The van der Waals surface area contributed by atoms with Gasteiger partial charge in [0.15, 0.2) is 5.16 Å². The molecule has 0 saturated heterocycles. The third-order valence-corrected chi connectivity index (χ3v) is 6.27. The number of rotatable bonds is 7. The fraction of sp³-hybridized carbons (Fsp3) is 0.125. The maximum Gasteiger partial charge on any atom is 0.387 e. The summed E-state index contributed by atoms with van der Waals surface area (Å²) in [4.78, 5) is 30.5. The van der Waals surface area contributed by atoms with Gasteiger partial charge in [-0.15, -0.1) is 0 Å². The molecule has 3 aromatic carbocycles.